The molecule has 0 aliphatic carbocycles. The topological polar surface area (TPSA) is 107 Å². The first kappa shape index (κ1) is 30.0. The van der Waals surface area contributed by atoms with Crippen molar-refractivity contribution in [2.75, 3.05) is 61.0 Å². The van der Waals surface area contributed by atoms with E-state index in [4.69, 9.17) is 4.74 Å². The maximum atomic E-state index is 10.6. The van der Waals surface area contributed by atoms with Gasteiger partial charge < -0.3 is 28.4 Å². The summed E-state index contributed by atoms with van der Waals surface area (Å²) < 4.78 is 27.8. The molecule has 0 aromatic heterocycles. The fourth-order valence-corrected chi connectivity index (χ4v) is 1.24. The number of esters is 3. The van der Waals surface area contributed by atoms with Crippen molar-refractivity contribution in [3.63, 3.8) is 0 Å². The Labute approximate surface area is 162 Å². The van der Waals surface area contributed by atoms with E-state index < -0.39 is 0 Å². The van der Waals surface area contributed by atoms with Gasteiger partial charge in [0.15, 0.2) is 0 Å². The number of methoxy groups -OCH3 is 3. The molecule has 0 amide bonds. The van der Waals surface area contributed by atoms with E-state index in [2.05, 4.69) is 23.7 Å². The third-order valence-corrected chi connectivity index (χ3v) is 2.51. The molecule has 9 heteroatoms. The molecule has 0 saturated heterocycles. The van der Waals surface area contributed by atoms with Crippen molar-refractivity contribution in [1.82, 2.24) is 0 Å². The summed E-state index contributed by atoms with van der Waals surface area (Å²) in [5.41, 5.74) is 0. The Morgan fingerprint density at radius 3 is 1.33 bits per heavy atom. The SMILES string of the molecule is CCOC(=O)CCOC.CCOCCC(=O)OCC.COCCC(=O)OC. The van der Waals surface area contributed by atoms with E-state index in [0.29, 0.717) is 58.9 Å². The maximum absolute atomic E-state index is 10.6. The first-order valence-electron chi connectivity index (χ1n) is 8.86. The second-order valence-corrected chi connectivity index (χ2v) is 4.62. The lowest BCUT2D eigenvalue weighted by Gasteiger charge is -2.00. The first-order chi connectivity index (χ1) is 12.9. The number of hydrogen-bond acceptors (Lipinski definition) is 9. The molecule has 27 heavy (non-hydrogen) atoms. The molecule has 0 aliphatic rings. The van der Waals surface area contributed by atoms with Crippen LogP contribution < -0.4 is 0 Å². The molecule has 0 N–H and O–H groups in total. The molecule has 0 radical (unpaired) electrons. The Balaban J connectivity index is -0.000000322. The molecule has 0 atom stereocenters. The molecule has 0 rings (SSSR count). The van der Waals surface area contributed by atoms with Gasteiger partial charge in [0.2, 0.25) is 0 Å². The monoisotopic (exact) mass is 396 g/mol. The van der Waals surface area contributed by atoms with Crippen LogP contribution in [-0.2, 0) is 42.8 Å². The normalized spacial score (nSPS) is 9.11. The van der Waals surface area contributed by atoms with Crippen LogP contribution in [0.2, 0.25) is 0 Å². The van der Waals surface area contributed by atoms with E-state index in [0.717, 1.165) is 0 Å². The van der Waals surface area contributed by atoms with E-state index in [1.54, 1.807) is 28.1 Å². The van der Waals surface area contributed by atoms with E-state index in [1.807, 2.05) is 6.92 Å². The van der Waals surface area contributed by atoms with Gasteiger partial charge in [0.1, 0.15) is 0 Å². The minimum Gasteiger partial charge on any atom is -0.469 e. The number of rotatable bonds is 12. The minimum absolute atomic E-state index is 0.184. The van der Waals surface area contributed by atoms with Gasteiger partial charge in [-0.2, -0.15) is 0 Å². The molecule has 0 aromatic rings. The van der Waals surface area contributed by atoms with Crippen molar-refractivity contribution in [2.45, 2.75) is 40.0 Å². The average molecular weight is 396 g/mol. The molecule has 9 nitrogen and oxygen atoms in total. The second-order valence-electron chi connectivity index (χ2n) is 4.62. The van der Waals surface area contributed by atoms with Gasteiger partial charge in [-0.3, -0.25) is 14.4 Å². The Morgan fingerprint density at radius 2 is 1.00 bits per heavy atom. The van der Waals surface area contributed by atoms with Crippen LogP contribution in [0.4, 0.5) is 0 Å². The van der Waals surface area contributed by atoms with Crippen LogP contribution in [0, 0.1) is 0 Å². The zero-order chi connectivity index (χ0) is 21.3. The first-order valence-corrected chi connectivity index (χ1v) is 8.86. The van der Waals surface area contributed by atoms with Crippen LogP contribution in [0.15, 0.2) is 0 Å². The molecule has 0 saturated carbocycles. The van der Waals surface area contributed by atoms with Gasteiger partial charge in [0.25, 0.3) is 0 Å². The van der Waals surface area contributed by atoms with E-state index in [-0.39, 0.29) is 17.9 Å². The van der Waals surface area contributed by atoms with Crippen molar-refractivity contribution < 1.29 is 42.8 Å². The Bertz CT molecular complexity index is 346. The maximum Gasteiger partial charge on any atom is 0.308 e. The van der Waals surface area contributed by atoms with Gasteiger partial charge in [-0.1, -0.05) is 0 Å². The summed E-state index contributed by atoms with van der Waals surface area (Å²) in [5.74, 6) is -0.609. The summed E-state index contributed by atoms with van der Waals surface area (Å²) in [6.07, 6.45) is 1.05. The summed E-state index contributed by atoms with van der Waals surface area (Å²) in [6.45, 7) is 8.36. The molecular formula is C18H36O9. The molecular weight excluding hydrogens is 360 g/mol. The van der Waals surface area contributed by atoms with E-state index >= 15 is 0 Å². The highest BCUT2D eigenvalue weighted by Crippen LogP contribution is 1.87. The molecule has 162 valence electrons. The summed E-state index contributed by atoms with van der Waals surface area (Å²) in [5, 5.41) is 0. The predicted octanol–water partition coefficient (Wildman–Crippen LogP) is 1.76. The zero-order valence-electron chi connectivity index (χ0n) is 17.5. The smallest absolute Gasteiger partial charge is 0.308 e. The van der Waals surface area contributed by atoms with Crippen molar-refractivity contribution in [3.05, 3.63) is 0 Å². The quantitative estimate of drug-likeness (QED) is 0.277. The highest BCUT2D eigenvalue weighted by atomic mass is 16.5. The van der Waals surface area contributed by atoms with Crippen LogP contribution in [0.3, 0.4) is 0 Å². The van der Waals surface area contributed by atoms with Crippen LogP contribution in [0.5, 0.6) is 0 Å². The van der Waals surface area contributed by atoms with Crippen LogP contribution >= 0.6 is 0 Å². The van der Waals surface area contributed by atoms with Gasteiger partial charge in [-0.05, 0) is 20.8 Å². The summed E-state index contributed by atoms with van der Waals surface area (Å²) in [4.78, 5) is 31.4. The van der Waals surface area contributed by atoms with Crippen LogP contribution in [0.25, 0.3) is 0 Å². The lowest BCUT2D eigenvalue weighted by molar-refractivity contribution is -0.145. The Kier molecular flexibility index (Phi) is 29.5. The largest absolute Gasteiger partial charge is 0.469 e. The molecule has 0 bridgehead atoms. The van der Waals surface area contributed by atoms with Gasteiger partial charge in [-0.25, -0.2) is 0 Å². The molecule has 0 spiro atoms. The van der Waals surface area contributed by atoms with Crippen molar-refractivity contribution in [2.24, 2.45) is 0 Å². The van der Waals surface area contributed by atoms with Crippen LogP contribution in [0.1, 0.15) is 40.0 Å². The van der Waals surface area contributed by atoms with E-state index in [9.17, 15) is 14.4 Å². The lowest BCUT2D eigenvalue weighted by Crippen LogP contribution is -2.07. The van der Waals surface area contributed by atoms with Crippen LogP contribution in [-0.4, -0.2) is 78.9 Å². The number of hydrogen-bond donors (Lipinski definition) is 0. The highest BCUT2D eigenvalue weighted by molar-refractivity contribution is 5.69. The molecule has 0 aromatic carbocycles. The van der Waals surface area contributed by atoms with Gasteiger partial charge in [0, 0.05) is 20.8 Å². The summed E-state index contributed by atoms with van der Waals surface area (Å²) in [7, 11) is 4.46. The van der Waals surface area contributed by atoms with E-state index in [1.165, 1.54) is 7.11 Å². The number of ether oxygens (including phenoxy) is 6. The van der Waals surface area contributed by atoms with Crippen molar-refractivity contribution >= 4 is 17.9 Å². The van der Waals surface area contributed by atoms with Crippen molar-refractivity contribution in [3.8, 4) is 0 Å². The zero-order valence-corrected chi connectivity index (χ0v) is 17.5. The fourth-order valence-electron chi connectivity index (χ4n) is 1.24. The third kappa shape index (κ3) is 32.4. The predicted molar refractivity (Wildman–Crippen MR) is 99.4 cm³/mol. The Morgan fingerprint density at radius 1 is 0.593 bits per heavy atom. The molecule has 0 unspecified atom stereocenters. The Hall–Kier alpha value is -1.71. The summed E-state index contributed by atoms with van der Waals surface area (Å²) >= 11 is 0. The summed E-state index contributed by atoms with van der Waals surface area (Å²) in [6, 6.07) is 0. The lowest BCUT2D eigenvalue weighted by atomic mass is 10.5. The third-order valence-electron chi connectivity index (χ3n) is 2.51. The van der Waals surface area contributed by atoms with Gasteiger partial charge in [-0.15, -0.1) is 0 Å². The highest BCUT2D eigenvalue weighted by Gasteiger charge is 1.99. The number of carbonyl (C=O) groups is 3. The number of carbonyl (C=O) groups excluding carboxylic acids is 3. The molecule has 0 heterocycles. The molecule has 0 fully saturated rings. The fraction of sp³-hybridized carbons (Fsp3) is 0.833. The second kappa shape index (κ2) is 26.5. The van der Waals surface area contributed by atoms with Crippen molar-refractivity contribution in [1.29, 1.82) is 0 Å². The average Bonchev–Trinajstić information content (AvgIpc) is 2.66. The van der Waals surface area contributed by atoms with Gasteiger partial charge >= 0.3 is 17.9 Å². The standard InChI is InChI=1S/C7H14O3.C6H12O3.C5H10O3/c1-3-9-6-5-7(8)10-4-2;1-3-9-6(7)4-5-8-2;1-7-4-3-5(6)8-2/h3-6H2,1-2H3;3-5H2,1-2H3;3-4H2,1-2H3. The van der Waals surface area contributed by atoms with Gasteiger partial charge in [0.05, 0.1) is 59.4 Å². The molecule has 0 aliphatic heterocycles. The minimum atomic E-state index is -0.230.